The van der Waals surface area contributed by atoms with E-state index in [-0.39, 0.29) is 0 Å². The van der Waals surface area contributed by atoms with E-state index < -0.39 is 0 Å². The number of halogens is 1. The van der Waals surface area contributed by atoms with Crippen molar-refractivity contribution in [2.45, 2.75) is 38.7 Å². The summed E-state index contributed by atoms with van der Waals surface area (Å²) >= 11 is 6.38. The van der Waals surface area contributed by atoms with Crippen molar-refractivity contribution in [3.63, 3.8) is 0 Å². The van der Waals surface area contributed by atoms with Crippen LogP contribution in [0.15, 0.2) is 30.5 Å². The van der Waals surface area contributed by atoms with Crippen molar-refractivity contribution in [3.05, 3.63) is 41.2 Å². The van der Waals surface area contributed by atoms with Gasteiger partial charge >= 0.3 is 0 Å². The molecule has 19 heavy (non-hydrogen) atoms. The maximum Gasteiger partial charge on any atom is 0.177 e. The molecular formula is C15H17ClN2O. The van der Waals surface area contributed by atoms with E-state index in [2.05, 4.69) is 5.10 Å². The summed E-state index contributed by atoms with van der Waals surface area (Å²) in [4.78, 5) is 0. The molecule has 1 saturated carbocycles. The van der Waals surface area contributed by atoms with Gasteiger partial charge in [-0.05, 0) is 44.2 Å². The Morgan fingerprint density at radius 3 is 2.74 bits per heavy atom. The predicted octanol–water partition coefficient (Wildman–Crippen LogP) is 4.16. The monoisotopic (exact) mass is 276 g/mol. The number of hydrogen-bond acceptors (Lipinski definition) is 2. The first-order valence-electron chi connectivity index (χ1n) is 6.72. The third-order valence-corrected chi connectivity index (χ3v) is 3.97. The van der Waals surface area contributed by atoms with Crippen molar-refractivity contribution >= 4 is 11.6 Å². The van der Waals surface area contributed by atoms with Gasteiger partial charge in [0, 0.05) is 0 Å². The molecule has 0 spiro atoms. The van der Waals surface area contributed by atoms with Gasteiger partial charge in [0.05, 0.1) is 18.0 Å². The summed E-state index contributed by atoms with van der Waals surface area (Å²) in [6.07, 6.45) is 6.74. The van der Waals surface area contributed by atoms with E-state index >= 15 is 0 Å². The summed E-state index contributed by atoms with van der Waals surface area (Å²) < 4.78 is 7.67. The second-order valence-electron chi connectivity index (χ2n) is 5.02. The molecule has 1 aliphatic rings. The fourth-order valence-electron chi connectivity index (χ4n) is 2.55. The Balaban J connectivity index is 1.88. The molecular weight excluding hydrogens is 260 g/mol. The van der Waals surface area contributed by atoms with Crippen molar-refractivity contribution in [2.75, 3.05) is 0 Å². The van der Waals surface area contributed by atoms with Crippen LogP contribution >= 0.6 is 11.6 Å². The van der Waals surface area contributed by atoms with E-state index in [4.69, 9.17) is 16.3 Å². The smallest absolute Gasteiger partial charge is 0.177 e. The minimum atomic E-state index is 0.298. The van der Waals surface area contributed by atoms with E-state index in [1.807, 2.05) is 31.2 Å². The topological polar surface area (TPSA) is 27.1 Å². The van der Waals surface area contributed by atoms with Gasteiger partial charge in [-0.15, -0.1) is 0 Å². The Kier molecular flexibility index (Phi) is 3.47. The van der Waals surface area contributed by atoms with Crippen LogP contribution in [-0.2, 0) is 0 Å². The molecule has 0 amide bonds. The third-order valence-electron chi connectivity index (χ3n) is 3.62. The van der Waals surface area contributed by atoms with Crippen LogP contribution in [0.4, 0.5) is 0 Å². The molecule has 1 fully saturated rings. The predicted molar refractivity (Wildman–Crippen MR) is 76.2 cm³/mol. The molecule has 3 rings (SSSR count). The maximum atomic E-state index is 6.38. The maximum absolute atomic E-state index is 6.38. The van der Waals surface area contributed by atoms with Crippen molar-refractivity contribution < 1.29 is 4.74 Å². The second-order valence-corrected chi connectivity index (χ2v) is 5.38. The van der Waals surface area contributed by atoms with Crippen LogP contribution < -0.4 is 4.74 Å². The molecule has 0 N–H and O–H groups in total. The summed E-state index contributed by atoms with van der Waals surface area (Å²) in [5, 5.41) is 4.91. The SMILES string of the molecule is Cc1ccccc1-n1ncc(OC2CCCC2)c1Cl. The van der Waals surface area contributed by atoms with Gasteiger partial charge in [0.15, 0.2) is 10.9 Å². The van der Waals surface area contributed by atoms with E-state index in [9.17, 15) is 0 Å². The number of hydrogen-bond donors (Lipinski definition) is 0. The number of para-hydroxylation sites is 1. The fraction of sp³-hybridized carbons (Fsp3) is 0.400. The largest absolute Gasteiger partial charge is 0.485 e. The lowest BCUT2D eigenvalue weighted by atomic mass is 10.2. The third kappa shape index (κ3) is 2.47. The van der Waals surface area contributed by atoms with E-state index in [1.54, 1.807) is 10.9 Å². The molecule has 1 aromatic carbocycles. The molecule has 2 aromatic rings. The summed E-state index contributed by atoms with van der Waals surface area (Å²) in [5.74, 6) is 0.691. The first-order chi connectivity index (χ1) is 9.25. The molecule has 1 aliphatic carbocycles. The van der Waals surface area contributed by atoms with Gasteiger partial charge in [-0.25, -0.2) is 4.68 Å². The van der Waals surface area contributed by atoms with E-state index in [0.717, 1.165) is 24.1 Å². The Hall–Kier alpha value is -1.48. The van der Waals surface area contributed by atoms with Crippen molar-refractivity contribution in [2.24, 2.45) is 0 Å². The number of ether oxygens (including phenoxy) is 1. The lowest BCUT2D eigenvalue weighted by Crippen LogP contribution is -2.10. The molecule has 1 aromatic heterocycles. The van der Waals surface area contributed by atoms with E-state index in [1.165, 1.54) is 12.8 Å². The van der Waals surface area contributed by atoms with Crippen molar-refractivity contribution in [1.29, 1.82) is 0 Å². The Morgan fingerprint density at radius 1 is 1.26 bits per heavy atom. The molecule has 4 heteroatoms. The van der Waals surface area contributed by atoms with Crippen LogP contribution in [0.5, 0.6) is 5.75 Å². The van der Waals surface area contributed by atoms with E-state index in [0.29, 0.717) is 17.0 Å². The van der Waals surface area contributed by atoms with Gasteiger partial charge in [0.2, 0.25) is 0 Å². The van der Waals surface area contributed by atoms with Gasteiger partial charge in [0.25, 0.3) is 0 Å². The average molecular weight is 277 g/mol. The van der Waals surface area contributed by atoms with Crippen LogP contribution in [0.1, 0.15) is 31.2 Å². The van der Waals surface area contributed by atoms with Gasteiger partial charge in [-0.2, -0.15) is 5.10 Å². The minimum absolute atomic E-state index is 0.298. The Morgan fingerprint density at radius 2 is 2.00 bits per heavy atom. The van der Waals surface area contributed by atoms with Crippen LogP contribution in [0.25, 0.3) is 5.69 Å². The quantitative estimate of drug-likeness (QED) is 0.842. The van der Waals surface area contributed by atoms with Gasteiger partial charge in [-0.1, -0.05) is 29.8 Å². The fourth-order valence-corrected chi connectivity index (χ4v) is 2.78. The lowest BCUT2D eigenvalue weighted by molar-refractivity contribution is 0.210. The molecule has 3 nitrogen and oxygen atoms in total. The van der Waals surface area contributed by atoms with Crippen molar-refractivity contribution in [3.8, 4) is 11.4 Å². The van der Waals surface area contributed by atoms with Crippen LogP contribution in [-0.4, -0.2) is 15.9 Å². The molecule has 0 unspecified atom stereocenters. The zero-order chi connectivity index (χ0) is 13.2. The number of nitrogens with zero attached hydrogens (tertiary/aromatic N) is 2. The lowest BCUT2D eigenvalue weighted by Gasteiger charge is -2.12. The normalized spacial score (nSPS) is 15.9. The Bertz CT molecular complexity index is 573. The van der Waals surface area contributed by atoms with Gasteiger partial charge in [-0.3, -0.25) is 0 Å². The summed E-state index contributed by atoms with van der Waals surface area (Å²) in [6.45, 7) is 2.05. The molecule has 0 saturated heterocycles. The molecule has 0 aliphatic heterocycles. The van der Waals surface area contributed by atoms with Gasteiger partial charge in [0.1, 0.15) is 0 Å². The first kappa shape index (κ1) is 12.5. The highest BCUT2D eigenvalue weighted by atomic mass is 35.5. The number of benzene rings is 1. The summed E-state index contributed by atoms with van der Waals surface area (Å²) in [5.41, 5.74) is 2.13. The highest BCUT2D eigenvalue weighted by molar-refractivity contribution is 6.31. The zero-order valence-corrected chi connectivity index (χ0v) is 11.7. The number of rotatable bonds is 3. The summed E-state index contributed by atoms with van der Waals surface area (Å²) in [6, 6.07) is 8.04. The van der Waals surface area contributed by atoms with Crippen LogP contribution in [0.3, 0.4) is 0 Å². The highest BCUT2D eigenvalue weighted by Gasteiger charge is 2.20. The first-order valence-corrected chi connectivity index (χ1v) is 7.09. The molecule has 0 radical (unpaired) electrons. The van der Waals surface area contributed by atoms with Crippen LogP contribution in [0.2, 0.25) is 5.15 Å². The molecule has 0 bridgehead atoms. The summed E-state index contributed by atoms with van der Waals surface area (Å²) in [7, 11) is 0. The Labute approximate surface area is 118 Å². The standard InChI is InChI=1S/C15H17ClN2O/c1-11-6-2-5-9-13(11)18-15(16)14(10-17-18)19-12-7-3-4-8-12/h2,5-6,9-10,12H,3-4,7-8H2,1H3. The average Bonchev–Trinajstić information content (AvgIpc) is 3.03. The van der Waals surface area contributed by atoms with Crippen molar-refractivity contribution in [1.82, 2.24) is 9.78 Å². The zero-order valence-electron chi connectivity index (χ0n) is 11.0. The van der Waals surface area contributed by atoms with Gasteiger partial charge < -0.3 is 4.74 Å². The molecule has 0 atom stereocenters. The highest BCUT2D eigenvalue weighted by Crippen LogP contribution is 2.31. The molecule has 100 valence electrons. The number of aryl methyl sites for hydroxylation is 1. The molecule has 1 heterocycles. The van der Waals surface area contributed by atoms with Crippen LogP contribution in [0, 0.1) is 6.92 Å². The second kappa shape index (κ2) is 5.25. The number of aromatic nitrogens is 2. The minimum Gasteiger partial charge on any atom is -0.485 e.